The monoisotopic (exact) mass is 390 g/mol. The van der Waals surface area contributed by atoms with Gasteiger partial charge in [0, 0.05) is 12.2 Å². The summed E-state index contributed by atoms with van der Waals surface area (Å²) in [4.78, 5) is 16.0. The third-order valence-corrected chi connectivity index (χ3v) is 5.15. The van der Waals surface area contributed by atoms with Crippen molar-refractivity contribution in [3.63, 3.8) is 0 Å². The van der Waals surface area contributed by atoms with E-state index in [9.17, 15) is 0 Å². The summed E-state index contributed by atoms with van der Waals surface area (Å²) in [5, 5.41) is 7.57. The molecule has 1 saturated heterocycles. The van der Waals surface area contributed by atoms with E-state index in [2.05, 4.69) is 15.0 Å². The minimum Gasteiger partial charge on any atom is -0.489 e. The Hall–Kier alpha value is -3.39. The second-order valence-electron chi connectivity index (χ2n) is 7.29. The van der Waals surface area contributed by atoms with Gasteiger partial charge >= 0.3 is 0 Å². The van der Waals surface area contributed by atoms with Crippen LogP contribution in [0.4, 0.5) is 0 Å². The molecule has 3 heterocycles. The van der Waals surface area contributed by atoms with Gasteiger partial charge in [-0.25, -0.2) is 9.97 Å². The largest absolute Gasteiger partial charge is 0.489 e. The molecule has 0 bridgehead atoms. The Morgan fingerprint density at radius 3 is 2.86 bits per heavy atom. The minimum absolute atomic E-state index is 0.0317. The highest BCUT2D eigenvalue weighted by Crippen LogP contribution is 2.25. The van der Waals surface area contributed by atoms with Gasteiger partial charge in [-0.05, 0) is 43.2 Å². The van der Waals surface area contributed by atoms with Crippen LogP contribution in [0.5, 0.6) is 5.75 Å². The molecule has 4 aromatic rings. The van der Waals surface area contributed by atoms with E-state index in [0.29, 0.717) is 18.6 Å². The summed E-state index contributed by atoms with van der Waals surface area (Å²) in [5.74, 6) is 2.39. The van der Waals surface area contributed by atoms with Gasteiger partial charge in [0.2, 0.25) is 0 Å². The number of imidazole rings is 2. The van der Waals surface area contributed by atoms with Crippen molar-refractivity contribution >= 4 is 27.9 Å². The number of hydrogen-bond acceptors (Lipinski definition) is 5. The Morgan fingerprint density at radius 2 is 2.03 bits per heavy atom. The molecular weight excluding hydrogens is 368 g/mol. The Morgan fingerprint density at radius 1 is 1.17 bits per heavy atom. The molecule has 8 nitrogen and oxygen atoms in total. The number of nitrogens with zero attached hydrogens (tertiary/aromatic N) is 2. The number of hydrogen-bond donors (Lipinski definition) is 4. The molecule has 0 radical (unpaired) electrons. The molecule has 1 aliphatic heterocycles. The van der Waals surface area contributed by atoms with Crippen molar-refractivity contribution in [2.75, 3.05) is 13.2 Å². The van der Waals surface area contributed by atoms with Crippen LogP contribution in [0.25, 0.3) is 22.1 Å². The highest BCUT2D eigenvalue weighted by Gasteiger charge is 2.17. The predicted molar refractivity (Wildman–Crippen MR) is 110 cm³/mol. The molecular formula is C21H22N6O2. The van der Waals surface area contributed by atoms with Gasteiger partial charge in [0.15, 0.2) is 0 Å². The van der Waals surface area contributed by atoms with Gasteiger partial charge in [-0.3, -0.25) is 5.41 Å². The first-order valence-corrected chi connectivity index (χ1v) is 9.71. The Bertz CT molecular complexity index is 1190. The number of nitrogens with two attached hydrogens (primary N) is 1. The second kappa shape index (κ2) is 7.21. The Labute approximate surface area is 167 Å². The summed E-state index contributed by atoms with van der Waals surface area (Å²) in [7, 11) is 0. The molecule has 8 heteroatoms. The molecule has 2 aromatic heterocycles. The molecule has 5 N–H and O–H groups in total. The van der Waals surface area contributed by atoms with Crippen molar-refractivity contribution in [3.8, 4) is 5.75 Å². The first-order valence-electron chi connectivity index (χ1n) is 9.71. The van der Waals surface area contributed by atoms with Gasteiger partial charge in [-0.1, -0.05) is 6.07 Å². The Balaban J connectivity index is 1.38. The van der Waals surface area contributed by atoms with Crippen molar-refractivity contribution in [2.24, 2.45) is 5.73 Å². The molecule has 0 spiro atoms. The van der Waals surface area contributed by atoms with Crippen LogP contribution in [0.15, 0.2) is 36.4 Å². The topological polar surface area (TPSA) is 126 Å². The normalized spacial score (nSPS) is 16.6. The fraction of sp³-hybridized carbons (Fsp3) is 0.286. The van der Waals surface area contributed by atoms with Gasteiger partial charge in [0.1, 0.15) is 35.4 Å². The maximum absolute atomic E-state index is 7.57. The van der Waals surface area contributed by atoms with E-state index in [0.717, 1.165) is 58.9 Å². The van der Waals surface area contributed by atoms with Crippen molar-refractivity contribution in [1.82, 2.24) is 19.9 Å². The van der Waals surface area contributed by atoms with E-state index in [1.165, 1.54) is 0 Å². The zero-order chi connectivity index (χ0) is 19.8. The molecule has 148 valence electrons. The van der Waals surface area contributed by atoms with Crippen LogP contribution in [0.2, 0.25) is 0 Å². The van der Waals surface area contributed by atoms with Crippen LogP contribution in [-0.4, -0.2) is 45.1 Å². The van der Waals surface area contributed by atoms with Gasteiger partial charge in [0.05, 0.1) is 29.1 Å². The molecule has 5 rings (SSSR count). The molecule has 0 amide bonds. The number of ether oxygens (including phenoxy) is 2. The number of H-pyrrole nitrogens is 2. The van der Waals surface area contributed by atoms with Crippen molar-refractivity contribution in [1.29, 1.82) is 5.41 Å². The summed E-state index contributed by atoms with van der Waals surface area (Å²) < 4.78 is 11.6. The molecule has 1 aliphatic rings. The summed E-state index contributed by atoms with van der Waals surface area (Å²) in [6.45, 7) is 1.36. The fourth-order valence-electron chi connectivity index (χ4n) is 3.68. The van der Waals surface area contributed by atoms with E-state index in [1.807, 2.05) is 36.4 Å². The Kier molecular flexibility index (Phi) is 4.40. The van der Waals surface area contributed by atoms with Crippen LogP contribution in [-0.2, 0) is 11.2 Å². The number of rotatable bonds is 6. The average molecular weight is 390 g/mol. The molecule has 29 heavy (non-hydrogen) atoms. The van der Waals surface area contributed by atoms with Crippen LogP contribution in [0.3, 0.4) is 0 Å². The van der Waals surface area contributed by atoms with Crippen molar-refractivity contribution < 1.29 is 9.47 Å². The first kappa shape index (κ1) is 17.7. The second-order valence-corrected chi connectivity index (χ2v) is 7.29. The maximum Gasteiger partial charge on any atom is 0.147 e. The number of fused-ring (bicyclic) bond motifs is 2. The van der Waals surface area contributed by atoms with Gasteiger partial charge < -0.3 is 25.2 Å². The summed E-state index contributed by atoms with van der Waals surface area (Å²) in [6.07, 6.45) is 2.83. The van der Waals surface area contributed by atoms with E-state index < -0.39 is 0 Å². The highest BCUT2D eigenvalue weighted by molar-refractivity contribution is 5.97. The SMILES string of the molecule is N=C(N)c1ccc2[nH]c(Cc3nc4c(OCC5CCCO5)cccc4[nH]3)nc2c1. The lowest BCUT2D eigenvalue weighted by Gasteiger charge is -2.11. The van der Waals surface area contributed by atoms with Crippen LogP contribution in [0.1, 0.15) is 30.1 Å². The van der Waals surface area contributed by atoms with Crippen LogP contribution in [0, 0.1) is 5.41 Å². The van der Waals surface area contributed by atoms with Crippen molar-refractivity contribution in [2.45, 2.75) is 25.4 Å². The van der Waals surface area contributed by atoms with Gasteiger partial charge in [-0.2, -0.15) is 0 Å². The number of benzene rings is 2. The summed E-state index contributed by atoms with van der Waals surface area (Å²) in [6, 6.07) is 11.4. The molecule has 2 aromatic carbocycles. The molecule has 0 saturated carbocycles. The fourth-order valence-corrected chi connectivity index (χ4v) is 3.68. The number of aromatic amines is 2. The lowest BCUT2D eigenvalue weighted by atomic mass is 10.2. The average Bonchev–Trinajstić information content (AvgIpc) is 3.44. The highest BCUT2D eigenvalue weighted by atomic mass is 16.5. The molecule has 1 fully saturated rings. The van der Waals surface area contributed by atoms with E-state index >= 15 is 0 Å². The van der Waals surface area contributed by atoms with Gasteiger partial charge in [0.25, 0.3) is 0 Å². The standard InChI is InChI=1S/C21H22N6O2/c22-21(23)12-6-7-14-16(9-12)26-18(24-14)10-19-25-15-4-1-5-17(20(15)27-19)29-11-13-3-2-8-28-13/h1,4-7,9,13H,2-3,8,10-11H2,(H3,22,23)(H,24,26)(H,25,27). The van der Waals surface area contributed by atoms with Crippen LogP contribution >= 0.6 is 0 Å². The quantitative estimate of drug-likeness (QED) is 0.297. The molecule has 1 atom stereocenters. The smallest absolute Gasteiger partial charge is 0.147 e. The lowest BCUT2D eigenvalue weighted by Crippen LogP contribution is -2.16. The number of amidine groups is 1. The van der Waals surface area contributed by atoms with Crippen molar-refractivity contribution in [3.05, 3.63) is 53.6 Å². The summed E-state index contributed by atoms with van der Waals surface area (Å²) >= 11 is 0. The lowest BCUT2D eigenvalue weighted by molar-refractivity contribution is 0.0684. The maximum atomic E-state index is 7.57. The van der Waals surface area contributed by atoms with Crippen LogP contribution < -0.4 is 10.5 Å². The van der Waals surface area contributed by atoms with Gasteiger partial charge in [-0.15, -0.1) is 0 Å². The minimum atomic E-state index is 0.0317. The number of aromatic nitrogens is 4. The first-order chi connectivity index (χ1) is 14.2. The number of nitrogens with one attached hydrogen (secondary N) is 3. The third-order valence-electron chi connectivity index (χ3n) is 5.15. The molecule has 1 unspecified atom stereocenters. The zero-order valence-electron chi connectivity index (χ0n) is 15.9. The predicted octanol–water partition coefficient (Wildman–Crippen LogP) is 2.87. The van der Waals surface area contributed by atoms with E-state index in [-0.39, 0.29) is 11.9 Å². The number of para-hydroxylation sites is 1. The van der Waals surface area contributed by atoms with E-state index in [4.69, 9.17) is 25.6 Å². The third kappa shape index (κ3) is 3.54. The summed E-state index contributed by atoms with van der Waals surface area (Å²) in [5.41, 5.74) is 9.66. The number of nitrogen functional groups attached to an aromatic ring is 1. The molecule has 0 aliphatic carbocycles. The zero-order valence-corrected chi connectivity index (χ0v) is 15.9. The van der Waals surface area contributed by atoms with E-state index in [1.54, 1.807) is 0 Å².